The maximum Gasteiger partial charge on any atom is 0.340 e. The number of carbonyl (C=O) groups is 1. The molecule has 10 heteroatoms. The highest BCUT2D eigenvalue weighted by atomic mass is 16.6. The molecule has 0 aliphatic heterocycles. The second-order valence-electron chi connectivity index (χ2n) is 3.43. The zero-order chi connectivity index (χ0) is 15.3. The average Bonchev–Trinajstić information content (AvgIpc) is 2.36. The van der Waals surface area contributed by atoms with Gasteiger partial charge in [0.1, 0.15) is 0 Å². The van der Waals surface area contributed by atoms with E-state index in [4.69, 9.17) is 17.2 Å². The number of guanidine groups is 2. The Bertz CT molecular complexity index is 606. The quantitative estimate of drug-likeness (QED) is 0.222. The molecule has 0 aromatic heterocycles. The summed E-state index contributed by atoms with van der Waals surface area (Å²) in [6.07, 6.45) is 0. The van der Waals surface area contributed by atoms with Crippen molar-refractivity contribution >= 4 is 29.3 Å². The molecule has 0 saturated carbocycles. The molecular weight excluding hydrogens is 268 g/mol. The highest BCUT2D eigenvalue weighted by Crippen LogP contribution is 2.31. The molecule has 0 aliphatic rings. The third kappa shape index (κ3) is 3.41. The van der Waals surface area contributed by atoms with Crippen LogP contribution in [0, 0.1) is 10.1 Å². The van der Waals surface area contributed by atoms with E-state index in [1.165, 1.54) is 12.1 Å². The van der Waals surface area contributed by atoms with Gasteiger partial charge in [-0.2, -0.15) is 4.99 Å². The fourth-order valence-corrected chi connectivity index (χ4v) is 1.34. The van der Waals surface area contributed by atoms with Gasteiger partial charge in [-0.3, -0.25) is 10.1 Å². The van der Waals surface area contributed by atoms with Crippen LogP contribution in [0.15, 0.2) is 28.2 Å². The van der Waals surface area contributed by atoms with E-state index in [1.807, 2.05) is 0 Å². The van der Waals surface area contributed by atoms with Crippen molar-refractivity contribution in [2.24, 2.45) is 27.2 Å². The number of esters is 1. The van der Waals surface area contributed by atoms with Crippen molar-refractivity contribution in [2.45, 2.75) is 0 Å². The molecule has 1 aromatic carbocycles. The van der Waals surface area contributed by atoms with Gasteiger partial charge in [-0.25, -0.2) is 9.79 Å². The number of nitro benzene ring substituents is 1. The van der Waals surface area contributed by atoms with E-state index < -0.39 is 22.5 Å². The molecule has 0 aliphatic carbocycles. The minimum Gasteiger partial charge on any atom is -0.465 e. The first kappa shape index (κ1) is 14.9. The van der Waals surface area contributed by atoms with Gasteiger partial charge in [0.2, 0.25) is 5.96 Å². The van der Waals surface area contributed by atoms with Gasteiger partial charge < -0.3 is 21.9 Å². The minimum atomic E-state index is -0.801. The molecule has 10 nitrogen and oxygen atoms in total. The van der Waals surface area contributed by atoms with Crippen molar-refractivity contribution in [1.29, 1.82) is 0 Å². The number of aliphatic imine (C=N–C) groups is 2. The van der Waals surface area contributed by atoms with Crippen molar-refractivity contribution < 1.29 is 14.5 Å². The number of rotatable bonds is 3. The molecule has 0 fully saturated rings. The molecule has 0 spiro atoms. The average molecular weight is 280 g/mol. The smallest absolute Gasteiger partial charge is 0.340 e. The van der Waals surface area contributed by atoms with Gasteiger partial charge in [-0.05, 0) is 6.07 Å². The van der Waals surface area contributed by atoms with Crippen molar-refractivity contribution in [2.75, 3.05) is 7.11 Å². The molecule has 0 bridgehead atoms. The second-order valence-corrected chi connectivity index (χ2v) is 3.43. The summed E-state index contributed by atoms with van der Waals surface area (Å²) >= 11 is 0. The Balaban J connectivity index is 3.51. The monoisotopic (exact) mass is 280 g/mol. The first-order chi connectivity index (χ1) is 9.36. The topological polar surface area (TPSA) is 172 Å². The molecule has 20 heavy (non-hydrogen) atoms. The van der Waals surface area contributed by atoms with E-state index in [0.29, 0.717) is 0 Å². The first-order valence-corrected chi connectivity index (χ1v) is 5.16. The predicted molar refractivity (Wildman–Crippen MR) is 71.5 cm³/mol. The Kier molecular flexibility index (Phi) is 4.56. The Labute approximate surface area is 113 Å². The van der Waals surface area contributed by atoms with Gasteiger partial charge in [0.15, 0.2) is 11.6 Å². The third-order valence-electron chi connectivity index (χ3n) is 2.09. The van der Waals surface area contributed by atoms with Crippen LogP contribution in [0.3, 0.4) is 0 Å². The number of para-hydroxylation sites is 1. The summed E-state index contributed by atoms with van der Waals surface area (Å²) in [6.45, 7) is 0. The Morgan fingerprint density at radius 2 is 2.00 bits per heavy atom. The highest BCUT2D eigenvalue weighted by Gasteiger charge is 2.22. The molecule has 1 rings (SSSR count). The second kappa shape index (κ2) is 6.13. The zero-order valence-corrected chi connectivity index (χ0v) is 10.4. The van der Waals surface area contributed by atoms with E-state index in [9.17, 15) is 14.9 Å². The molecule has 0 radical (unpaired) electrons. The normalized spacial score (nSPS) is 10.8. The van der Waals surface area contributed by atoms with Crippen molar-refractivity contribution in [3.63, 3.8) is 0 Å². The molecule has 0 amide bonds. The van der Waals surface area contributed by atoms with Crippen LogP contribution >= 0.6 is 0 Å². The number of nitrogens with two attached hydrogens (primary N) is 3. The van der Waals surface area contributed by atoms with Gasteiger partial charge in [0.05, 0.1) is 17.6 Å². The van der Waals surface area contributed by atoms with Gasteiger partial charge in [0, 0.05) is 6.07 Å². The maximum absolute atomic E-state index is 11.6. The number of hydrogen-bond acceptors (Lipinski definition) is 5. The lowest BCUT2D eigenvalue weighted by Gasteiger charge is -2.04. The van der Waals surface area contributed by atoms with E-state index in [0.717, 1.165) is 13.2 Å². The molecule has 1 aromatic rings. The van der Waals surface area contributed by atoms with Crippen LogP contribution in [-0.4, -0.2) is 29.9 Å². The van der Waals surface area contributed by atoms with Gasteiger partial charge in [0.25, 0.3) is 5.69 Å². The van der Waals surface area contributed by atoms with Crippen LogP contribution in [0.25, 0.3) is 0 Å². The number of hydrogen-bond donors (Lipinski definition) is 3. The fraction of sp³-hybridized carbons (Fsp3) is 0.100. The van der Waals surface area contributed by atoms with Crippen LogP contribution in [0.5, 0.6) is 0 Å². The number of nitro groups is 1. The highest BCUT2D eigenvalue weighted by molar-refractivity contribution is 6.00. The van der Waals surface area contributed by atoms with Crippen molar-refractivity contribution in [3.8, 4) is 0 Å². The number of carbonyl (C=O) groups excluding carboxylic acids is 1. The minimum absolute atomic E-state index is 0.129. The zero-order valence-electron chi connectivity index (χ0n) is 10.4. The van der Waals surface area contributed by atoms with Crippen molar-refractivity contribution in [1.82, 2.24) is 0 Å². The molecule has 6 N–H and O–H groups in total. The summed E-state index contributed by atoms with van der Waals surface area (Å²) in [5.41, 5.74) is 14.8. The molecule has 0 atom stereocenters. The van der Waals surface area contributed by atoms with Crippen LogP contribution in [0.4, 0.5) is 11.4 Å². The maximum atomic E-state index is 11.6. The van der Waals surface area contributed by atoms with Gasteiger partial charge in [-0.1, -0.05) is 6.07 Å². The number of benzene rings is 1. The SMILES string of the molecule is COC(=O)c1cccc([N+](=O)[O-])c1N=C(N)N=C(N)N. The summed E-state index contributed by atoms with van der Waals surface area (Å²) in [5.74, 6) is -1.60. The molecule has 0 saturated heterocycles. The Hall–Kier alpha value is -3.17. The van der Waals surface area contributed by atoms with Gasteiger partial charge >= 0.3 is 5.97 Å². The van der Waals surface area contributed by atoms with Crippen LogP contribution in [0.1, 0.15) is 10.4 Å². The van der Waals surface area contributed by atoms with E-state index >= 15 is 0 Å². The standard InChI is InChI=1S/C10H12N6O4/c1-20-8(17)5-3-2-4-6(16(18)19)7(5)14-10(13)15-9(11)12/h2-4H,1H3,(H6,11,12,13,14,15). The van der Waals surface area contributed by atoms with Crippen molar-refractivity contribution in [3.05, 3.63) is 33.9 Å². The van der Waals surface area contributed by atoms with Gasteiger partial charge in [-0.15, -0.1) is 0 Å². The van der Waals surface area contributed by atoms with E-state index in [2.05, 4.69) is 14.7 Å². The van der Waals surface area contributed by atoms with Crippen LogP contribution < -0.4 is 17.2 Å². The lowest BCUT2D eigenvalue weighted by molar-refractivity contribution is -0.384. The number of methoxy groups -OCH3 is 1. The summed E-state index contributed by atoms with van der Waals surface area (Å²) in [5, 5.41) is 10.9. The third-order valence-corrected chi connectivity index (χ3v) is 2.09. The fourth-order valence-electron chi connectivity index (χ4n) is 1.34. The summed E-state index contributed by atoms with van der Waals surface area (Å²) < 4.78 is 4.52. The largest absolute Gasteiger partial charge is 0.465 e. The number of nitrogens with zero attached hydrogens (tertiary/aromatic N) is 3. The lowest BCUT2D eigenvalue weighted by atomic mass is 10.1. The molecule has 0 unspecified atom stereocenters. The lowest BCUT2D eigenvalue weighted by Crippen LogP contribution is -2.26. The van der Waals surface area contributed by atoms with Crippen LogP contribution in [0.2, 0.25) is 0 Å². The van der Waals surface area contributed by atoms with E-state index in [1.54, 1.807) is 0 Å². The Morgan fingerprint density at radius 3 is 2.50 bits per heavy atom. The molecule has 106 valence electrons. The van der Waals surface area contributed by atoms with E-state index in [-0.39, 0.29) is 17.2 Å². The van der Waals surface area contributed by atoms with Crippen LogP contribution in [-0.2, 0) is 4.74 Å². The molecule has 0 heterocycles. The summed E-state index contributed by atoms with van der Waals surface area (Å²) in [4.78, 5) is 28.9. The summed E-state index contributed by atoms with van der Waals surface area (Å²) in [6, 6.07) is 3.79. The predicted octanol–water partition coefficient (Wildman–Crippen LogP) is -0.399. The molecular formula is C10H12N6O4. The Morgan fingerprint density at radius 1 is 1.35 bits per heavy atom. The first-order valence-electron chi connectivity index (χ1n) is 5.16. The summed E-state index contributed by atoms with van der Waals surface area (Å²) in [7, 11) is 1.13. The number of ether oxygens (including phenoxy) is 1.